The van der Waals surface area contributed by atoms with Crippen molar-refractivity contribution in [2.24, 2.45) is 0 Å². The lowest BCUT2D eigenvalue weighted by atomic mass is 10.3. The Balaban J connectivity index is 2.20. The van der Waals surface area contributed by atoms with Gasteiger partial charge in [0, 0.05) is 17.7 Å². The molecule has 0 amide bonds. The number of benzene rings is 1. The van der Waals surface area contributed by atoms with Crippen molar-refractivity contribution >= 4 is 42.8 Å². The van der Waals surface area contributed by atoms with Crippen molar-refractivity contribution in [2.75, 3.05) is 11.6 Å². The van der Waals surface area contributed by atoms with E-state index in [1.807, 2.05) is 12.1 Å². The summed E-state index contributed by atoms with van der Waals surface area (Å²) < 4.78 is 37.4. The van der Waals surface area contributed by atoms with Crippen LogP contribution in [0.5, 0.6) is 0 Å². The summed E-state index contributed by atoms with van der Waals surface area (Å²) in [6, 6.07) is 7.55. The number of anilines is 1. The van der Waals surface area contributed by atoms with Gasteiger partial charge in [-0.25, -0.2) is 12.8 Å². The van der Waals surface area contributed by atoms with Crippen LogP contribution in [0.25, 0.3) is 0 Å². The zero-order valence-electron chi connectivity index (χ0n) is 9.98. The summed E-state index contributed by atoms with van der Waals surface area (Å²) in [7, 11) is -3.33. The van der Waals surface area contributed by atoms with Gasteiger partial charge in [-0.15, -0.1) is 11.3 Å². The fourth-order valence-corrected chi connectivity index (χ4v) is 3.57. The number of halogens is 2. The third-order valence-corrected chi connectivity index (χ3v) is 5.18. The summed E-state index contributed by atoms with van der Waals surface area (Å²) in [5, 5.41) is 2.91. The lowest BCUT2D eigenvalue weighted by molar-refractivity contribution is 0.600. The van der Waals surface area contributed by atoms with Gasteiger partial charge in [0.25, 0.3) is 0 Å². The molecule has 0 spiro atoms. The maximum atomic E-state index is 13.6. The van der Waals surface area contributed by atoms with Crippen LogP contribution in [0.2, 0.25) is 0 Å². The lowest BCUT2D eigenvalue weighted by Crippen LogP contribution is -2.03. The summed E-state index contributed by atoms with van der Waals surface area (Å²) >= 11 is 4.88. The smallest absolute Gasteiger partial charge is 0.175 e. The van der Waals surface area contributed by atoms with Crippen molar-refractivity contribution in [3.8, 4) is 0 Å². The fraction of sp³-hybridized carbons (Fsp3) is 0.167. The third kappa shape index (κ3) is 3.77. The molecule has 0 atom stereocenters. The van der Waals surface area contributed by atoms with E-state index >= 15 is 0 Å². The Kier molecular flexibility index (Phi) is 4.27. The fourth-order valence-electron chi connectivity index (χ4n) is 1.50. The van der Waals surface area contributed by atoms with E-state index in [4.69, 9.17) is 0 Å². The van der Waals surface area contributed by atoms with Crippen LogP contribution >= 0.6 is 27.3 Å². The highest BCUT2D eigenvalue weighted by atomic mass is 79.9. The van der Waals surface area contributed by atoms with Crippen LogP contribution in [0.1, 0.15) is 4.88 Å². The second-order valence-electron chi connectivity index (χ2n) is 3.97. The van der Waals surface area contributed by atoms with Crippen molar-refractivity contribution in [2.45, 2.75) is 11.4 Å². The van der Waals surface area contributed by atoms with E-state index in [1.54, 1.807) is 0 Å². The zero-order valence-corrected chi connectivity index (χ0v) is 13.2. The van der Waals surface area contributed by atoms with Gasteiger partial charge in [-0.1, -0.05) is 0 Å². The molecular weight excluding hydrogens is 353 g/mol. The van der Waals surface area contributed by atoms with Crippen LogP contribution in [-0.2, 0) is 16.4 Å². The van der Waals surface area contributed by atoms with Gasteiger partial charge in [0.15, 0.2) is 9.84 Å². The number of nitrogens with one attached hydrogen (secondary N) is 1. The number of hydrogen-bond donors (Lipinski definition) is 1. The molecule has 0 radical (unpaired) electrons. The van der Waals surface area contributed by atoms with Crippen molar-refractivity contribution in [1.29, 1.82) is 0 Å². The molecular formula is C12H11BrFNO2S2. The average Bonchev–Trinajstić information content (AvgIpc) is 2.72. The van der Waals surface area contributed by atoms with Crippen LogP contribution in [0.4, 0.5) is 10.1 Å². The van der Waals surface area contributed by atoms with E-state index in [-0.39, 0.29) is 10.6 Å². The summed E-state index contributed by atoms with van der Waals surface area (Å²) in [5.74, 6) is -0.469. The van der Waals surface area contributed by atoms with Crippen LogP contribution in [0.15, 0.2) is 39.0 Å². The topological polar surface area (TPSA) is 46.2 Å². The summed E-state index contributed by atoms with van der Waals surface area (Å²) in [4.78, 5) is 1.12. The average molecular weight is 364 g/mol. The predicted octanol–water partition coefficient (Wildman–Crippen LogP) is 3.67. The van der Waals surface area contributed by atoms with E-state index < -0.39 is 15.7 Å². The van der Waals surface area contributed by atoms with E-state index in [0.29, 0.717) is 6.54 Å². The molecule has 0 fully saturated rings. The third-order valence-electron chi connectivity index (χ3n) is 2.45. The van der Waals surface area contributed by atoms with Crippen LogP contribution in [-0.4, -0.2) is 14.7 Å². The molecule has 0 saturated heterocycles. The molecule has 102 valence electrons. The summed E-state index contributed by atoms with van der Waals surface area (Å²) in [5.41, 5.74) is 0.187. The number of thiophene rings is 1. The minimum absolute atomic E-state index is 0.101. The van der Waals surface area contributed by atoms with Crippen LogP contribution in [0, 0.1) is 5.82 Å². The van der Waals surface area contributed by atoms with E-state index in [9.17, 15) is 12.8 Å². The molecule has 0 aliphatic heterocycles. The molecule has 1 N–H and O–H groups in total. The van der Waals surface area contributed by atoms with Gasteiger partial charge in [0.1, 0.15) is 5.82 Å². The molecule has 0 aliphatic carbocycles. The van der Waals surface area contributed by atoms with Crippen LogP contribution < -0.4 is 5.32 Å². The number of rotatable bonds is 4. The van der Waals surface area contributed by atoms with Crippen molar-refractivity contribution in [1.82, 2.24) is 0 Å². The Morgan fingerprint density at radius 1 is 1.32 bits per heavy atom. The second kappa shape index (κ2) is 5.60. The minimum atomic E-state index is -3.33. The predicted molar refractivity (Wildman–Crippen MR) is 78.9 cm³/mol. The Morgan fingerprint density at radius 3 is 2.63 bits per heavy atom. The van der Waals surface area contributed by atoms with E-state index in [1.165, 1.54) is 23.5 Å². The Hall–Kier alpha value is -0.920. The minimum Gasteiger partial charge on any atom is -0.378 e. The first kappa shape index (κ1) is 14.5. The highest BCUT2D eigenvalue weighted by Gasteiger charge is 2.11. The highest BCUT2D eigenvalue weighted by molar-refractivity contribution is 9.11. The van der Waals surface area contributed by atoms with Gasteiger partial charge in [-0.3, -0.25) is 0 Å². The maximum absolute atomic E-state index is 13.6. The lowest BCUT2D eigenvalue weighted by Gasteiger charge is -2.08. The van der Waals surface area contributed by atoms with Gasteiger partial charge >= 0.3 is 0 Å². The molecule has 3 nitrogen and oxygen atoms in total. The summed E-state index contributed by atoms with van der Waals surface area (Å²) in [6.45, 7) is 0.445. The van der Waals surface area contributed by atoms with Crippen molar-refractivity contribution < 1.29 is 12.8 Å². The second-order valence-corrected chi connectivity index (χ2v) is 8.54. The molecule has 0 saturated carbocycles. The first-order valence-electron chi connectivity index (χ1n) is 5.34. The van der Waals surface area contributed by atoms with E-state index in [0.717, 1.165) is 21.0 Å². The maximum Gasteiger partial charge on any atom is 0.175 e. The molecule has 0 unspecified atom stereocenters. The quantitative estimate of drug-likeness (QED) is 0.843. The number of hydrogen-bond acceptors (Lipinski definition) is 4. The Labute approximate surface area is 123 Å². The molecule has 2 aromatic rings. The van der Waals surface area contributed by atoms with Gasteiger partial charge < -0.3 is 5.32 Å². The molecule has 1 heterocycles. The summed E-state index contributed by atoms with van der Waals surface area (Å²) in [6.07, 6.45) is 1.10. The standard InChI is InChI=1S/C12H11BrFNO2S2/c1-19(16,17)9-3-4-10(14)11(6-9)15-7-8-2-5-12(13)18-8/h2-6,15H,7H2,1H3. The Morgan fingerprint density at radius 2 is 2.05 bits per heavy atom. The van der Waals surface area contributed by atoms with Gasteiger partial charge in [0.2, 0.25) is 0 Å². The largest absolute Gasteiger partial charge is 0.378 e. The highest BCUT2D eigenvalue weighted by Crippen LogP contribution is 2.24. The normalized spacial score (nSPS) is 11.5. The first-order valence-corrected chi connectivity index (χ1v) is 8.84. The molecule has 19 heavy (non-hydrogen) atoms. The molecule has 0 bridgehead atoms. The van der Waals surface area contributed by atoms with Crippen molar-refractivity contribution in [3.63, 3.8) is 0 Å². The van der Waals surface area contributed by atoms with Gasteiger partial charge in [0.05, 0.1) is 14.4 Å². The number of sulfone groups is 1. The van der Waals surface area contributed by atoms with E-state index in [2.05, 4.69) is 21.2 Å². The first-order chi connectivity index (χ1) is 8.86. The van der Waals surface area contributed by atoms with Crippen LogP contribution in [0.3, 0.4) is 0 Å². The molecule has 2 rings (SSSR count). The Bertz CT molecular complexity index is 698. The van der Waals surface area contributed by atoms with Gasteiger partial charge in [-0.05, 0) is 46.3 Å². The van der Waals surface area contributed by atoms with Crippen molar-refractivity contribution in [3.05, 3.63) is 44.8 Å². The van der Waals surface area contributed by atoms with Gasteiger partial charge in [-0.2, -0.15) is 0 Å². The monoisotopic (exact) mass is 363 g/mol. The zero-order chi connectivity index (χ0) is 14.0. The molecule has 7 heteroatoms. The molecule has 1 aromatic heterocycles. The SMILES string of the molecule is CS(=O)(=O)c1ccc(F)c(NCc2ccc(Br)s2)c1. The molecule has 0 aliphatic rings. The molecule has 1 aromatic carbocycles.